The van der Waals surface area contributed by atoms with Gasteiger partial charge in [0.2, 0.25) is 0 Å². The van der Waals surface area contributed by atoms with Gasteiger partial charge >= 0.3 is 5.97 Å². The molecule has 9 nitrogen and oxygen atoms in total. The van der Waals surface area contributed by atoms with Gasteiger partial charge in [0.25, 0.3) is 5.91 Å². The first-order valence-electron chi connectivity index (χ1n) is 11.1. The van der Waals surface area contributed by atoms with Crippen LogP contribution in [0.5, 0.6) is 0 Å². The van der Waals surface area contributed by atoms with Crippen molar-refractivity contribution in [2.24, 2.45) is 0 Å². The molecule has 0 aliphatic heterocycles. The SMILES string of the molecule is CCOC(=O)c1cnn(Cc2ccccc2)c1C(=O)Nc1ccn2nc(-c3ccccc3)nc2c1. The molecule has 0 unspecified atom stereocenters. The van der Waals surface area contributed by atoms with Crippen molar-refractivity contribution in [3.05, 3.63) is 102 Å². The van der Waals surface area contributed by atoms with Crippen LogP contribution in [0.15, 0.2) is 85.2 Å². The predicted octanol–water partition coefficient (Wildman–Crippen LogP) is 4.07. The van der Waals surface area contributed by atoms with Crippen molar-refractivity contribution in [3.8, 4) is 11.4 Å². The number of hydrogen-bond acceptors (Lipinski definition) is 6. The molecule has 0 saturated heterocycles. The van der Waals surface area contributed by atoms with Gasteiger partial charge in [-0.05, 0) is 18.6 Å². The molecule has 1 N–H and O–H groups in total. The van der Waals surface area contributed by atoms with Gasteiger partial charge in [-0.1, -0.05) is 60.7 Å². The summed E-state index contributed by atoms with van der Waals surface area (Å²) >= 11 is 0. The third kappa shape index (κ3) is 4.65. The van der Waals surface area contributed by atoms with Gasteiger partial charge in [0.15, 0.2) is 11.5 Å². The molecule has 0 saturated carbocycles. The minimum Gasteiger partial charge on any atom is -0.462 e. The maximum atomic E-state index is 13.4. The molecular formula is C26H22N6O3. The lowest BCUT2D eigenvalue weighted by Gasteiger charge is -2.10. The summed E-state index contributed by atoms with van der Waals surface area (Å²) in [5.41, 5.74) is 3.15. The van der Waals surface area contributed by atoms with Crippen LogP contribution < -0.4 is 5.32 Å². The number of nitrogens with one attached hydrogen (secondary N) is 1. The second-order valence-electron chi connectivity index (χ2n) is 7.74. The van der Waals surface area contributed by atoms with Crippen molar-refractivity contribution in [1.82, 2.24) is 24.4 Å². The number of hydrogen-bond donors (Lipinski definition) is 1. The second-order valence-corrected chi connectivity index (χ2v) is 7.74. The number of rotatable bonds is 7. The molecule has 1 amide bonds. The average Bonchev–Trinajstić information content (AvgIpc) is 3.49. The number of pyridine rings is 1. The molecular weight excluding hydrogens is 444 g/mol. The number of carbonyl (C=O) groups excluding carboxylic acids is 2. The molecule has 5 aromatic rings. The zero-order valence-corrected chi connectivity index (χ0v) is 19.0. The van der Waals surface area contributed by atoms with Gasteiger partial charge in [0.05, 0.1) is 19.3 Å². The Hall–Kier alpha value is -4.79. The summed E-state index contributed by atoms with van der Waals surface area (Å²) < 4.78 is 8.28. The summed E-state index contributed by atoms with van der Waals surface area (Å²) in [6, 6.07) is 22.7. The van der Waals surface area contributed by atoms with Crippen LogP contribution in [0.3, 0.4) is 0 Å². The number of anilines is 1. The average molecular weight is 467 g/mol. The Kier molecular flexibility index (Phi) is 6.04. The predicted molar refractivity (Wildman–Crippen MR) is 130 cm³/mol. The van der Waals surface area contributed by atoms with Gasteiger partial charge < -0.3 is 10.1 Å². The summed E-state index contributed by atoms with van der Waals surface area (Å²) in [7, 11) is 0. The van der Waals surface area contributed by atoms with Gasteiger partial charge in [-0.15, -0.1) is 5.10 Å². The Morgan fingerprint density at radius 3 is 2.49 bits per heavy atom. The van der Waals surface area contributed by atoms with E-state index in [1.165, 1.54) is 10.9 Å². The highest BCUT2D eigenvalue weighted by Gasteiger charge is 2.25. The highest BCUT2D eigenvalue weighted by molar-refractivity contribution is 6.10. The van der Waals surface area contributed by atoms with E-state index in [0.717, 1.165) is 11.1 Å². The Morgan fingerprint density at radius 2 is 1.74 bits per heavy atom. The second kappa shape index (κ2) is 9.60. The van der Waals surface area contributed by atoms with Gasteiger partial charge in [-0.2, -0.15) is 5.10 Å². The molecule has 0 spiro atoms. The number of nitrogens with zero attached hydrogens (tertiary/aromatic N) is 5. The zero-order chi connectivity index (χ0) is 24.2. The fourth-order valence-corrected chi connectivity index (χ4v) is 3.72. The summed E-state index contributed by atoms with van der Waals surface area (Å²) in [6.45, 7) is 2.23. The lowest BCUT2D eigenvalue weighted by Crippen LogP contribution is -2.22. The summed E-state index contributed by atoms with van der Waals surface area (Å²) in [4.78, 5) is 30.4. The highest BCUT2D eigenvalue weighted by Crippen LogP contribution is 2.20. The first-order chi connectivity index (χ1) is 17.1. The number of carbonyl (C=O) groups is 2. The molecule has 0 aliphatic carbocycles. The van der Waals surface area contributed by atoms with Gasteiger partial charge in [-0.3, -0.25) is 9.48 Å². The van der Waals surface area contributed by atoms with E-state index < -0.39 is 11.9 Å². The van der Waals surface area contributed by atoms with Crippen molar-refractivity contribution in [1.29, 1.82) is 0 Å². The Bertz CT molecular complexity index is 1490. The number of esters is 1. The Morgan fingerprint density at radius 1 is 1.00 bits per heavy atom. The van der Waals surface area contributed by atoms with Crippen LogP contribution in [-0.2, 0) is 11.3 Å². The van der Waals surface area contributed by atoms with Crippen molar-refractivity contribution in [3.63, 3.8) is 0 Å². The van der Waals surface area contributed by atoms with Crippen LogP contribution in [0.1, 0.15) is 33.3 Å². The van der Waals surface area contributed by atoms with E-state index in [9.17, 15) is 9.59 Å². The molecule has 174 valence electrons. The largest absolute Gasteiger partial charge is 0.462 e. The highest BCUT2D eigenvalue weighted by atomic mass is 16.5. The minimum absolute atomic E-state index is 0.107. The molecule has 3 aromatic heterocycles. The van der Waals surface area contributed by atoms with Crippen molar-refractivity contribution in [2.45, 2.75) is 13.5 Å². The van der Waals surface area contributed by atoms with Gasteiger partial charge in [0.1, 0.15) is 11.3 Å². The van der Waals surface area contributed by atoms with Crippen LogP contribution in [-0.4, -0.2) is 42.9 Å². The van der Waals surface area contributed by atoms with Crippen LogP contribution in [0, 0.1) is 0 Å². The van der Waals surface area contributed by atoms with Crippen LogP contribution in [0.25, 0.3) is 17.0 Å². The van der Waals surface area contributed by atoms with Gasteiger partial charge in [-0.25, -0.2) is 14.3 Å². The molecule has 35 heavy (non-hydrogen) atoms. The van der Waals surface area contributed by atoms with E-state index in [0.29, 0.717) is 23.7 Å². The lowest BCUT2D eigenvalue weighted by atomic mass is 10.2. The molecule has 0 aliphatic rings. The maximum Gasteiger partial charge on any atom is 0.342 e. The molecule has 9 heteroatoms. The third-order valence-electron chi connectivity index (χ3n) is 5.35. The van der Waals surface area contributed by atoms with E-state index in [-0.39, 0.29) is 17.9 Å². The van der Waals surface area contributed by atoms with Crippen molar-refractivity contribution in [2.75, 3.05) is 11.9 Å². The monoisotopic (exact) mass is 466 g/mol. The van der Waals surface area contributed by atoms with Crippen LogP contribution >= 0.6 is 0 Å². The number of aromatic nitrogens is 5. The fourth-order valence-electron chi connectivity index (χ4n) is 3.72. The summed E-state index contributed by atoms with van der Waals surface area (Å²) in [5, 5.41) is 11.6. The van der Waals surface area contributed by atoms with E-state index >= 15 is 0 Å². The standard InChI is InChI=1S/C26H22N6O3/c1-2-35-26(34)21-16-27-32(17-18-9-5-3-6-10-18)23(21)25(33)28-20-13-14-31-22(15-20)29-24(30-31)19-11-7-4-8-12-19/h3-16H,2,17H2,1H3,(H,28,33). The van der Waals surface area contributed by atoms with E-state index in [2.05, 4.69) is 20.5 Å². The Labute approximate surface area is 201 Å². The number of ether oxygens (including phenoxy) is 1. The number of fused-ring (bicyclic) bond motifs is 1. The van der Waals surface area contributed by atoms with Crippen LogP contribution in [0.4, 0.5) is 5.69 Å². The van der Waals surface area contributed by atoms with Crippen molar-refractivity contribution >= 4 is 23.2 Å². The summed E-state index contributed by atoms with van der Waals surface area (Å²) in [6.07, 6.45) is 3.08. The number of benzene rings is 2. The van der Waals surface area contributed by atoms with Crippen molar-refractivity contribution < 1.29 is 14.3 Å². The Balaban J connectivity index is 1.45. The molecule has 0 fully saturated rings. The molecule has 0 atom stereocenters. The molecule has 0 radical (unpaired) electrons. The topological polar surface area (TPSA) is 103 Å². The normalized spacial score (nSPS) is 10.9. The van der Waals surface area contributed by atoms with Gasteiger partial charge in [0, 0.05) is 23.5 Å². The van der Waals surface area contributed by atoms with E-state index in [1.807, 2.05) is 60.7 Å². The zero-order valence-electron chi connectivity index (χ0n) is 19.0. The fraction of sp³-hybridized carbons (Fsp3) is 0.115. The quantitative estimate of drug-likeness (QED) is 0.363. The summed E-state index contributed by atoms with van der Waals surface area (Å²) in [5.74, 6) is -0.495. The molecule has 5 rings (SSSR count). The number of amides is 1. The van der Waals surface area contributed by atoms with E-state index in [1.54, 1.807) is 29.8 Å². The molecule has 3 heterocycles. The maximum absolute atomic E-state index is 13.4. The first kappa shape index (κ1) is 22.0. The van der Waals surface area contributed by atoms with E-state index in [4.69, 9.17) is 4.74 Å². The first-order valence-corrected chi connectivity index (χ1v) is 11.1. The minimum atomic E-state index is -0.600. The molecule has 2 aromatic carbocycles. The van der Waals surface area contributed by atoms with Crippen LogP contribution in [0.2, 0.25) is 0 Å². The molecule has 0 bridgehead atoms. The lowest BCUT2D eigenvalue weighted by molar-refractivity contribution is 0.0523. The third-order valence-corrected chi connectivity index (χ3v) is 5.35. The smallest absolute Gasteiger partial charge is 0.342 e.